The van der Waals surface area contributed by atoms with Crippen molar-refractivity contribution in [1.82, 2.24) is 5.48 Å². The van der Waals surface area contributed by atoms with Crippen molar-refractivity contribution in [3.8, 4) is 0 Å². The zero-order valence-electron chi connectivity index (χ0n) is 6.69. The normalized spacial score (nSPS) is 13.5. The van der Waals surface area contributed by atoms with Crippen molar-refractivity contribution < 1.29 is 4.84 Å². The van der Waals surface area contributed by atoms with Crippen LogP contribution in [0.15, 0.2) is 0 Å². The molecule has 2 nitrogen and oxygen atoms in total. The fourth-order valence-electron chi connectivity index (χ4n) is 0.667. The Morgan fingerprint density at radius 2 is 2.20 bits per heavy atom. The summed E-state index contributed by atoms with van der Waals surface area (Å²) in [6.45, 7) is 5.89. The molecule has 0 saturated carbocycles. The van der Waals surface area contributed by atoms with Gasteiger partial charge >= 0.3 is 0 Å². The zero-order chi connectivity index (χ0) is 7.82. The van der Waals surface area contributed by atoms with Crippen molar-refractivity contribution in [2.24, 2.45) is 0 Å². The predicted molar refractivity (Wildman–Crippen MR) is 52.3 cm³/mol. The van der Waals surface area contributed by atoms with Crippen LogP contribution in [0.4, 0.5) is 0 Å². The SMILES string of the molecule is CCCC(I)CNOCC. The van der Waals surface area contributed by atoms with Gasteiger partial charge in [-0.1, -0.05) is 35.9 Å². The zero-order valence-corrected chi connectivity index (χ0v) is 8.85. The van der Waals surface area contributed by atoms with Gasteiger partial charge in [0.2, 0.25) is 0 Å². The first-order chi connectivity index (χ1) is 4.81. The van der Waals surface area contributed by atoms with Gasteiger partial charge in [-0.25, -0.2) is 5.48 Å². The van der Waals surface area contributed by atoms with E-state index in [0.717, 1.165) is 13.2 Å². The number of hydroxylamine groups is 1. The molecule has 10 heavy (non-hydrogen) atoms. The smallest absolute Gasteiger partial charge is 0.0653 e. The van der Waals surface area contributed by atoms with Crippen molar-refractivity contribution >= 4 is 22.6 Å². The average molecular weight is 257 g/mol. The molecule has 0 rings (SSSR count). The van der Waals surface area contributed by atoms with E-state index in [2.05, 4.69) is 35.0 Å². The second-order valence-corrected chi connectivity index (χ2v) is 3.93. The number of hydrogen-bond donors (Lipinski definition) is 1. The summed E-state index contributed by atoms with van der Waals surface area (Å²) in [5.41, 5.74) is 2.91. The molecular formula is C7H16INO. The monoisotopic (exact) mass is 257 g/mol. The summed E-state index contributed by atoms with van der Waals surface area (Å²) in [5.74, 6) is 0. The van der Waals surface area contributed by atoms with Crippen LogP contribution in [0.1, 0.15) is 26.7 Å². The van der Waals surface area contributed by atoms with Crippen LogP contribution in [-0.4, -0.2) is 17.1 Å². The van der Waals surface area contributed by atoms with E-state index in [1.54, 1.807) is 0 Å². The van der Waals surface area contributed by atoms with E-state index < -0.39 is 0 Å². The second kappa shape index (κ2) is 7.75. The minimum atomic E-state index is 0.703. The van der Waals surface area contributed by atoms with Gasteiger partial charge in [-0.05, 0) is 13.3 Å². The molecule has 0 heterocycles. The Morgan fingerprint density at radius 1 is 1.50 bits per heavy atom. The van der Waals surface area contributed by atoms with Gasteiger partial charge in [0.25, 0.3) is 0 Å². The highest BCUT2D eigenvalue weighted by Crippen LogP contribution is 2.06. The van der Waals surface area contributed by atoms with Crippen LogP contribution in [0.5, 0.6) is 0 Å². The summed E-state index contributed by atoms with van der Waals surface area (Å²) in [6.07, 6.45) is 2.52. The highest BCUT2D eigenvalue weighted by atomic mass is 127. The lowest BCUT2D eigenvalue weighted by molar-refractivity contribution is 0.0518. The molecule has 0 saturated heterocycles. The van der Waals surface area contributed by atoms with Crippen LogP contribution in [0.3, 0.4) is 0 Å². The molecule has 3 heteroatoms. The second-order valence-electron chi connectivity index (χ2n) is 2.17. The van der Waals surface area contributed by atoms with E-state index >= 15 is 0 Å². The van der Waals surface area contributed by atoms with E-state index in [1.807, 2.05) is 6.92 Å². The average Bonchev–Trinajstić information content (AvgIpc) is 1.89. The number of hydrogen-bond acceptors (Lipinski definition) is 2. The van der Waals surface area contributed by atoms with Crippen LogP contribution in [0.25, 0.3) is 0 Å². The summed E-state index contributed by atoms with van der Waals surface area (Å²) in [7, 11) is 0. The molecule has 0 aliphatic carbocycles. The molecule has 0 aromatic rings. The first-order valence-electron chi connectivity index (χ1n) is 3.80. The molecular weight excluding hydrogens is 241 g/mol. The maximum atomic E-state index is 5.00. The largest absolute Gasteiger partial charge is 0.302 e. The van der Waals surface area contributed by atoms with Crippen molar-refractivity contribution in [3.63, 3.8) is 0 Å². The Bertz CT molecular complexity index is 70.6. The van der Waals surface area contributed by atoms with Crippen molar-refractivity contribution in [1.29, 1.82) is 0 Å². The summed E-state index contributed by atoms with van der Waals surface area (Å²) in [5, 5.41) is 0. The van der Waals surface area contributed by atoms with Gasteiger partial charge in [0, 0.05) is 10.5 Å². The summed E-state index contributed by atoms with van der Waals surface area (Å²) >= 11 is 2.44. The highest BCUT2D eigenvalue weighted by Gasteiger charge is 1.99. The van der Waals surface area contributed by atoms with Gasteiger partial charge in [0.05, 0.1) is 6.61 Å². The Labute approximate surface area is 76.8 Å². The fourth-order valence-corrected chi connectivity index (χ4v) is 1.47. The van der Waals surface area contributed by atoms with E-state index in [0.29, 0.717) is 3.92 Å². The molecule has 0 aromatic heterocycles. The number of rotatable bonds is 6. The standard InChI is InChI=1S/C7H16INO/c1-3-5-7(8)6-9-10-4-2/h7,9H,3-6H2,1-2H3. The van der Waals surface area contributed by atoms with E-state index in [9.17, 15) is 0 Å². The molecule has 0 spiro atoms. The van der Waals surface area contributed by atoms with Gasteiger partial charge < -0.3 is 4.84 Å². The third-order valence-electron chi connectivity index (χ3n) is 1.15. The van der Waals surface area contributed by atoms with E-state index in [1.165, 1.54) is 12.8 Å². The lowest BCUT2D eigenvalue weighted by Gasteiger charge is -2.08. The topological polar surface area (TPSA) is 21.3 Å². The Hall–Kier alpha value is 0.650. The molecule has 0 aromatic carbocycles. The quantitative estimate of drug-likeness (QED) is 0.340. The third kappa shape index (κ3) is 6.77. The van der Waals surface area contributed by atoms with Gasteiger partial charge in [0.1, 0.15) is 0 Å². The lowest BCUT2D eigenvalue weighted by Crippen LogP contribution is -2.22. The first-order valence-corrected chi connectivity index (χ1v) is 5.04. The number of alkyl halides is 1. The van der Waals surface area contributed by atoms with Gasteiger partial charge in [0.15, 0.2) is 0 Å². The Kier molecular flexibility index (Phi) is 8.26. The fraction of sp³-hybridized carbons (Fsp3) is 1.00. The lowest BCUT2D eigenvalue weighted by atomic mass is 10.2. The molecule has 0 fully saturated rings. The Morgan fingerprint density at radius 3 is 2.70 bits per heavy atom. The summed E-state index contributed by atoms with van der Waals surface area (Å²) in [4.78, 5) is 5.00. The van der Waals surface area contributed by atoms with Crippen LogP contribution in [0, 0.1) is 0 Å². The maximum absolute atomic E-state index is 5.00. The maximum Gasteiger partial charge on any atom is 0.0653 e. The van der Waals surface area contributed by atoms with Crippen LogP contribution < -0.4 is 5.48 Å². The predicted octanol–water partition coefficient (Wildman–Crippen LogP) is 2.13. The first kappa shape index (κ1) is 10.7. The van der Waals surface area contributed by atoms with Gasteiger partial charge in [-0.3, -0.25) is 0 Å². The Balaban J connectivity index is 2.97. The third-order valence-corrected chi connectivity index (χ3v) is 2.22. The van der Waals surface area contributed by atoms with Crippen molar-refractivity contribution in [3.05, 3.63) is 0 Å². The molecule has 1 atom stereocenters. The molecule has 0 radical (unpaired) electrons. The molecule has 1 unspecified atom stereocenters. The molecule has 62 valence electrons. The van der Waals surface area contributed by atoms with Crippen molar-refractivity contribution in [2.45, 2.75) is 30.6 Å². The summed E-state index contributed by atoms with van der Waals surface area (Å²) in [6, 6.07) is 0. The van der Waals surface area contributed by atoms with Crippen LogP contribution in [0.2, 0.25) is 0 Å². The molecule has 0 bridgehead atoms. The van der Waals surface area contributed by atoms with Crippen LogP contribution >= 0.6 is 22.6 Å². The van der Waals surface area contributed by atoms with Gasteiger partial charge in [-0.15, -0.1) is 0 Å². The number of halogens is 1. The minimum Gasteiger partial charge on any atom is -0.302 e. The van der Waals surface area contributed by atoms with Gasteiger partial charge in [-0.2, -0.15) is 0 Å². The van der Waals surface area contributed by atoms with E-state index in [4.69, 9.17) is 4.84 Å². The number of nitrogens with one attached hydrogen (secondary N) is 1. The highest BCUT2D eigenvalue weighted by molar-refractivity contribution is 14.1. The van der Waals surface area contributed by atoms with E-state index in [-0.39, 0.29) is 0 Å². The molecule has 0 aliphatic rings. The van der Waals surface area contributed by atoms with Crippen molar-refractivity contribution in [2.75, 3.05) is 13.2 Å². The summed E-state index contributed by atoms with van der Waals surface area (Å²) < 4.78 is 0.703. The minimum absolute atomic E-state index is 0.703. The molecule has 0 amide bonds. The molecule has 1 N–H and O–H groups in total. The molecule has 0 aliphatic heterocycles. The van der Waals surface area contributed by atoms with Crippen LogP contribution in [-0.2, 0) is 4.84 Å².